The summed E-state index contributed by atoms with van der Waals surface area (Å²) in [4.78, 5) is 14.4. The molecule has 0 spiro atoms. The van der Waals surface area contributed by atoms with Crippen LogP contribution in [0.15, 0.2) is 58.1 Å². The molecule has 156 valence electrons. The van der Waals surface area contributed by atoms with E-state index in [1.165, 1.54) is 12.1 Å². The summed E-state index contributed by atoms with van der Waals surface area (Å²) in [6.45, 7) is 2.77. The Labute approximate surface area is 172 Å². The molecule has 8 heteroatoms. The molecular weight excluding hydrogens is 388 g/mol. The lowest BCUT2D eigenvalue weighted by atomic mass is 10.2. The predicted molar refractivity (Wildman–Crippen MR) is 115 cm³/mol. The number of nitrogens with zero attached hydrogens (tertiary/aromatic N) is 3. The minimum absolute atomic E-state index is 0.00842. The summed E-state index contributed by atoms with van der Waals surface area (Å²) in [5.74, 6) is 0.424. The van der Waals surface area contributed by atoms with Crippen LogP contribution in [0.25, 0.3) is 0 Å². The fourth-order valence-electron chi connectivity index (χ4n) is 3.40. The van der Waals surface area contributed by atoms with E-state index in [1.807, 2.05) is 48.0 Å². The molecule has 1 atom stereocenters. The van der Waals surface area contributed by atoms with Crippen molar-refractivity contribution in [3.8, 4) is 0 Å². The Morgan fingerprint density at radius 1 is 1.17 bits per heavy atom. The Morgan fingerprint density at radius 3 is 2.69 bits per heavy atom. The standard InChI is InChI=1S/C21H28N4O3S/c1-17(25-13-6-7-14-25)15-21(26)22-18-9-8-10-19(16-18)29(27,28)23-20-11-4-3-5-12-24(20)2/h6-10,13-14,16-17H,3-5,11-12,15H2,1-2H3,(H,22,26)/b23-20-. The number of sulfonamides is 1. The van der Waals surface area contributed by atoms with Crippen LogP contribution >= 0.6 is 0 Å². The van der Waals surface area contributed by atoms with Gasteiger partial charge in [0.05, 0.1) is 4.90 Å². The first kappa shape index (κ1) is 21.1. The lowest BCUT2D eigenvalue weighted by Gasteiger charge is -2.18. The maximum atomic E-state index is 12.8. The Kier molecular flexibility index (Phi) is 6.74. The van der Waals surface area contributed by atoms with Crippen molar-refractivity contribution in [2.45, 2.75) is 50.0 Å². The molecule has 1 aliphatic rings. The van der Waals surface area contributed by atoms with E-state index in [1.54, 1.807) is 12.1 Å². The van der Waals surface area contributed by atoms with Crippen molar-refractivity contribution in [2.75, 3.05) is 18.9 Å². The molecule has 1 N–H and O–H groups in total. The average Bonchev–Trinajstić information content (AvgIpc) is 3.14. The number of benzene rings is 1. The number of aromatic nitrogens is 1. The van der Waals surface area contributed by atoms with Gasteiger partial charge in [0.2, 0.25) is 5.91 Å². The number of likely N-dealkylation sites (tertiary alicyclic amines) is 1. The zero-order chi connectivity index (χ0) is 20.9. The number of carbonyl (C=O) groups excluding carboxylic acids is 1. The highest BCUT2D eigenvalue weighted by atomic mass is 32.2. The Hall–Kier alpha value is -2.61. The highest BCUT2D eigenvalue weighted by Gasteiger charge is 2.19. The van der Waals surface area contributed by atoms with E-state index in [-0.39, 0.29) is 16.8 Å². The molecular formula is C21H28N4O3S. The van der Waals surface area contributed by atoms with Gasteiger partial charge in [-0.25, -0.2) is 0 Å². The van der Waals surface area contributed by atoms with E-state index >= 15 is 0 Å². The molecule has 0 aliphatic carbocycles. The number of amidine groups is 1. The van der Waals surface area contributed by atoms with E-state index in [0.717, 1.165) is 25.8 Å². The van der Waals surface area contributed by atoms with E-state index in [0.29, 0.717) is 24.4 Å². The first-order valence-electron chi connectivity index (χ1n) is 9.92. The van der Waals surface area contributed by atoms with Gasteiger partial charge in [-0.15, -0.1) is 4.40 Å². The summed E-state index contributed by atoms with van der Waals surface area (Å²) >= 11 is 0. The van der Waals surface area contributed by atoms with Crippen LogP contribution in [0.1, 0.15) is 45.1 Å². The highest BCUT2D eigenvalue weighted by molar-refractivity contribution is 7.90. The summed E-state index contributed by atoms with van der Waals surface area (Å²) in [5, 5.41) is 2.79. The van der Waals surface area contributed by atoms with Gasteiger partial charge in [-0.05, 0) is 50.1 Å². The largest absolute Gasteiger partial charge is 0.362 e. The molecule has 1 aromatic carbocycles. The zero-order valence-corrected chi connectivity index (χ0v) is 17.7. The van der Waals surface area contributed by atoms with Crippen LogP contribution < -0.4 is 5.32 Å². The van der Waals surface area contributed by atoms with Gasteiger partial charge in [-0.2, -0.15) is 8.42 Å². The van der Waals surface area contributed by atoms with E-state index < -0.39 is 10.0 Å². The van der Waals surface area contributed by atoms with Crippen molar-refractivity contribution >= 4 is 27.5 Å². The van der Waals surface area contributed by atoms with Crippen LogP contribution in [0.3, 0.4) is 0 Å². The molecule has 0 radical (unpaired) electrons. The number of hydrogen-bond donors (Lipinski definition) is 1. The minimum atomic E-state index is -3.83. The second-order valence-corrected chi connectivity index (χ2v) is 9.08. The number of amides is 1. The van der Waals surface area contributed by atoms with Gasteiger partial charge in [0, 0.05) is 50.6 Å². The first-order chi connectivity index (χ1) is 13.8. The monoisotopic (exact) mass is 416 g/mol. The summed E-state index contributed by atoms with van der Waals surface area (Å²) < 4.78 is 31.6. The molecule has 1 amide bonds. The number of carbonyl (C=O) groups is 1. The maximum Gasteiger partial charge on any atom is 0.284 e. The van der Waals surface area contributed by atoms with Crippen LogP contribution in [0.5, 0.6) is 0 Å². The summed E-state index contributed by atoms with van der Waals surface area (Å²) in [7, 11) is -1.96. The second-order valence-electron chi connectivity index (χ2n) is 7.47. The molecule has 2 heterocycles. The first-order valence-corrected chi connectivity index (χ1v) is 11.4. The van der Waals surface area contributed by atoms with Crippen molar-refractivity contribution in [2.24, 2.45) is 4.40 Å². The molecule has 7 nitrogen and oxygen atoms in total. The lowest BCUT2D eigenvalue weighted by Crippen LogP contribution is -2.26. The number of anilines is 1. The van der Waals surface area contributed by atoms with Crippen LogP contribution in [-0.4, -0.2) is 43.2 Å². The van der Waals surface area contributed by atoms with E-state index in [2.05, 4.69) is 9.71 Å². The quantitative estimate of drug-likeness (QED) is 0.779. The fraction of sp³-hybridized carbons (Fsp3) is 0.429. The Bertz CT molecular complexity index is 968. The summed E-state index contributed by atoms with van der Waals surface area (Å²) in [6, 6.07) is 10.1. The third-order valence-corrected chi connectivity index (χ3v) is 6.39. The van der Waals surface area contributed by atoms with Gasteiger partial charge in [0.15, 0.2) is 0 Å². The fourth-order valence-corrected chi connectivity index (χ4v) is 4.54. The van der Waals surface area contributed by atoms with Crippen molar-refractivity contribution in [1.82, 2.24) is 9.47 Å². The normalized spacial score (nSPS) is 17.7. The van der Waals surface area contributed by atoms with E-state index in [4.69, 9.17) is 0 Å². The van der Waals surface area contributed by atoms with Crippen LogP contribution in [0.4, 0.5) is 5.69 Å². The Balaban J connectivity index is 1.72. The maximum absolute atomic E-state index is 12.8. The number of rotatable bonds is 6. The summed E-state index contributed by atoms with van der Waals surface area (Å²) in [6.07, 6.45) is 7.82. The van der Waals surface area contributed by atoms with Gasteiger partial charge in [-0.3, -0.25) is 4.79 Å². The van der Waals surface area contributed by atoms with Gasteiger partial charge in [-0.1, -0.05) is 12.5 Å². The molecule has 0 bridgehead atoms. The molecule has 3 rings (SSSR count). The third-order valence-electron chi connectivity index (χ3n) is 5.09. The smallest absolute Gasteiger partial charge is 0.284 e. The molecule has 29 heavy (non-hydrogen) atoms. The second kappa shape index (κ2) is 9.26. The van der Waals surface area contributed by atoms with Crippen molar-refractivity contribution in [3.63, 3.8) is 0 Å². The predicted octanol–water partition coefficient (Wildman–Crippen LogP) is 3.67. The minimum Gasteiger partial charge on any atom is -0.362 e. The Morgan fingerprint density at radius 2 is 1.93 bits per heavy atom. The average molecular weight is 417 g/mol. The van der Waals surface area contributed by atoms with Crippen LogP contribution in [0, 0.1) is 0 Å². The highest BCUT2D eigenvalue weighted by Crippen LogP contribution is 2.21. The zero-order valence-electron chi connectivity index (χ0n) is 16.9. The van der Waals surface area contributed by atoms with Gasteiger partial charge >= 0.3 is 0 Å². The molecule has 1 unspecified atom stereocenters. The van der Waals surface area contributed by atoms with Crippen molar-refractivity contribution < 1.29 is 13.2 Å². The number of nitrogens with one attached hydrogen (secondary N) is 1. The van der Waals surface area contributed by atoms with Gasteiger partial charge in [0.25, 0.3) is 10.0 Å². The van der Waals surface area contributed by atoms with Crippen molar-refractivity contribution in [3.05, 3.63) is 48.8 Å². The molecule has 1 aromatic heterocycles. The SMILES string of the molecule is CC(CC(=O)Nc1cccc(S(=O)(=O)/N=C2/CCCCCN2C)c1)n1cccc1. The molecule has 1 aliphatic heterocycles. The molecule has 1 saturated heterocycles. The van der Waals surface area contributed by atoms with Crippen LogP contribution in [-0.2, 0) is 14.8 Å². The third kappa shape index (κ3) is 5.69. The topological polar surface area (TPSA) is 83.8 Å². The van der Waals surface area contributed by atoms with Gasteiger partial charge in [0.1, 0.15) is 5.84 Å². The molecule has 2 aromatic rings. The van der Waals surface area contributed by atoms with E-state index in [9.17, 15) is 13.2 Å². The van der Waals surface area contributed by atoms with Gasteiger partial charge < -0.3 is 14.8 Å². The molecule has 0 saturated carbocycles. The lowest BCUT2D eigenvalue weighted by molar-refractivity contribution is -0.116. The number of hydrogen-bond acceptors (Lipinski definition) is 3. The summed E-state index contributed by atoms with van der Waals surface area (Å²) in [5.41, 5.74) is 0.449. The van der Waals surface area contributed by atoms with Crippen LogP contribution in [0.2, 0.25) is 0 Å². The van der Waals surface area contributed by atoms with Crippen molar-refractivity contribution in [1.29, 1.82) is 0 Å². The molecule has 1 fully saturated rings.